The number of benzene rings is 1. The molecule has 1 aromatic rings. The van der Waals surface area contributed by atoms with Crippen molar-refractivity contribution >= 4 is 6.08 Å². The van der Waals surface area contributed by atoms with E-state index in [1.54, 1.807) is 0 Å². The maximum atomic E-state index is 2.33. The van der Waals surface area contributed by atoms with Gasteiger partial charge in [-0.25, -0.2) is 0 Å². The molecule has 1 atom stereocenters. The molecule has 1 aliphatic carbocycles. The fraction of sp³-hybridized carbons (Fsp3) is 0.308. The van der Waals surface area contributed by atoms with Gasteiger partial charge in [0.25, 0.3) is 0 Å². The second-order valence-corrected chi connectivity index (χ2v) is 3.58. The molecule has 1 unspecified atom stereocenters. The van der Waals surface area contributed by atoms with Crippen LogP contribution in [0.3, 0.4) is 0 Å². The van der Waals surface area contributed by atoms with Gasteiger partial charge in [0, 0.05) is 5.92 Å². The van der Waals surface area contributed by atoms with E-state index < -0.39 is 0 Å². The first-order valence-corrected chi connectivity index (χ1v) is 4.97. The monoisotopic (exact) mass is 331 g/mol. The van der Waals surface area contributed by atoms with Crippen LogP contribution in [0.4, 0.5) is 0 Å². The Labute approximate surface area is 130 Å². The molecule has 0 aromatic heterocycles. The third-order valence-corrected chi connectivity index (χ3v) is 2.67. The molecule has 0 heterocycles. The van der Waals surface area contributed by atoms with Gasteiger partial charge in [-0.15, -0.1) is 0 Å². The molecule has 1 aromatic carbocycles. The molecule has 0 fully saturated rings. The standard InChI is InChI=1S/C13H15.2ClH.Zr/c1-2-3-6-11-9-10-12-7-4-5-8-13(11)12;;;/h2,4-5,7-11H,3,6H2,1H3;2*1H;/q-1;;;+3/p-2. The summed E-state index contributed by atoms with van der Waals surface area (Å²) in [4.78, 5) is 0. The van der Waals surface area contributed by atoms with Gasteiger partial charge in [0.2, 0.25) is 0 Å². The smallest absolute Gasteiger partial charge is 1.00 e. The number of hydrogen-bond acceptors (Lipinski definition) is 0. The third kappa shape index (κ3) is 4.36. The van der Waals surface area contributed by atoms with Gasteiger partial charge >= 0.3 is 26.2 Å². The number of fused-ring (bicyclic) bond motifs is 1. The Morgan fingerprint density at radius 2 is 1.88 bits per heavy atom. The van der Waals surface area contributed by atoms with Crippen LogP contribution in [0.15, 0.2) is 30.3 Å². The van der Waals surface area contributed by atoms with Gasteiger partial charge < -0.3 is 31.2 Å². The van der Waals surface area contributed by atoms with Gasteiger partial charge in [-0.05, 0) is 11.1 Å². The second kappa shape index (κ2) is 9.45. The molecule has 16 heavy (non-hydrogen) atoms. The number of hydrogen-bond donors (Lipinski definition) is 0. The van der Waals surface area contributed by atoms with Gasteiger partial charge in [0.05, 0.1) is 0 Å². The first-order valence-electron chi connectivity index (χ1n) is 4.97. The molecule has 0 N–H and O–H groups in total. The summed E-state index contributed by atoms with van der Waals surface area (Å²) in [6.45, 7) is 2.13. The summed E-state index contributed by atoms with van der Waals surface area (Å²) in [7, 11) is 0. The Bertz CT molecular complexity index is 323. The summed E-state index contributed by atoms with van der Waals surface area (Å²) in [5, 5.41) is 0. The molecule has 0 saturated carbocycles. The predicted molar refractivity (Wildman–Crippen MR) is 57.4 cm³/mol. The summed E-state index contributed by atoms with van der Waals surface area (Å²) >= 11 is 0. The Kier molecular flexibility index (Phi) is 11.1. The van der Waals surface area contributed by atoms with Crippen molar-refractivity contribution in [1.82, 2.24) is 0 Å². The molecule has 0 nitrogen and oxygen atoms in total. The average Bonchev–Trinajstić information content (AvgIpc) is 2.58. The minimum Gasteiger partial charge on any atom is -1.00 e. The molecule has 0 aliphatic heterocycles. The van der Waals surface area contributed by atoms with E-state index in [9.17, 15) is 0 Å². The van der Waals surface area contributed by atoms with Crippen molar-refractivity contribution < 1.29 is 51.0 Å². The largest absolute Gasteiger partial charge is 3.00 e. The molecular weight excluding hydrogens is 318 g/mol. The molecular formula is C13H15Cl2Zr. The molecule has 0 spiro atoms. The van der Waals surface area contributed by atoms with Crippen molar-refractivity contribution in [3.63, 3.8) is 0 Å². The van der Waals surface area contributed by atoms with E-state index in [2.05, 4.69) is 49.8 Å². The van der Waals surface area contributed by atoms with Gasteiger partial charge in [0.15, 0.2) is 0 Å². The van der Waals surface area contributed by atoms with Crippen molar-refractivity contribution in [2.45, 2.75) is 25.7 Å². The van der Waals surface area contributed by atoms with Gasteiger partial charge in [-0.2, -0.15) is 13.3 Å². The molecule has 85 valence electrons. The van der Waals surface area contributed by atoms with Gasteiger partial charge in [-0.1, -0.05) is 42.8 Å². The fourth-order valence-corrected chi connectivity index (χ4v) is 1.92. The van der Waals surface area contributed by atoms with E-state index >= 15 is 0 Å². The summed E-state index contributed by atoms with van der Waals surface area (Å²) in [5.74, 6) is 0.660. The van der Waals surface area contributed by atoms with Crippen molar-refractivity contribution in [1.29, 1.82) is 0 Å². The number of halogens is 2. The van der Waals surface area contributed by atoms with Crippen molar-refractivity contribution in [3.8, 4) is 0 Å². The molecule has 0 bridgehead atoms. The van der Waals surface area contributed by atoms with Crippen LogP contribution in [0.1, 0.15) is 36.8 Å². The van der Waals surface area contributed by atoms with E-state index in [1.165, 1.54) is 24.0 Å². The summed E-state index contributed by atoms with van der Waals surface area (Å²) in [6.07, 6.45) is 9.28. The van der Waals surface area contributed by atoms with Crippen LogP contribution in [0.25, 0.3) is 6.08 Å². The minimum atomic E-state index is 0. The first-order chi connectivity index (χ1) is 6.42. The van der Waals surface area contributed by atoms with Crippen LogP contribution in [-0.2, 0) is 26.2 Å². The van der Waals surface area contributed by atoms with Crippen LogP contribution in [0.2, 0.25) is 0 Å². The fourth-order valence-electron chi connectivity index (χ4n) is 1.92. The SMILES string of the molecule is C[CH-]CCC1C=Cc2ccccc21.[Cl-].[Cl-].[Zr+3]. The van der Waals surface area contributed by atoms with Crippen LogP contribution in [0.5, 0.6) is 0 Å². The summed E-state index contributed by atoms with van der Waals surface area (Å²) in [6, 6.07) is 8.68. The zero-order valence-electron chi connectivity index (χ0n) is 9.29. The van der Waals surface area contributed by atoms with Crippen LogP contribution in [0, 0.1) is 6.42 Å². The topological polar surface area (TPSA) is 0 Å². The zero-order chi connectivity index (χ0) is 9.10. The summed E-state index contributed by atoms with van der Waals surface area (Å²) in [5.41, 5.74) is 2.91. The molecule has 1 radical (unpaired) electrons. The van der Waals surface area contributed by atoms with Crippen LogP contribution >= 0.6 is 0 Å². The van der Waals surface area contributed by atoms with Gasteiger partial charge in [-0.3, -0.25) is 0 Å². The minimum absolute atomic E-state index is 0. The van der Waals surface area contributed by atoms with E-state index in [0.29, 0.717) is 5.92 Å². The number of rotatable bonds is 3. The Hall–Kier alpha value is 0.423. The molecule has 0 saturated heterocycles. The van der Waals surface area contributed by atoms with Crippen LogP contribution in [-0.4, -0.2) is 0 Å². The quantitative estimate of drug-likeness (QED) is 0.551. The van der Waals surface area contributed by atoms with Crippen molar-refractivity contribution in [2.75, 3.05) is 0 Å². The summed E-state index contributed by atoms with van der Waals surface area (Å²) < 4.78 is 0. The first kappa shape index (κ1) is 18.8. The second-order valence-electron chi connectivity index (χ2n) is 3.58. The Balaban J connectivity index is 0. The third-order valence-electron chi connectivity index (χ3n) is 2.67. The zero-order valence-corrected chi connectivity index (χ0v) is 13.3. The number of unbranched alkanes of at least 4 members (excludes halogenated alkanes) is 1. The van der Waals surface area contributed by atoms with E-state index in [1.807, 2.05) is 0 Å². The maximum Gasteiger partial charge on any atom is 3.00 e. The van der Waals surface area contributed by atoms with Crippen LogP contribution < -0.4 is 24.8 Å². The normalized spacial score (nSPS) is 15.4. The number of allylic oxidation sites excluding steroid dienone is 1. The molecule has 3 heteroatoms. The van der Waals surface area contributed by atoms with E-state index in [0.717, 1.165) is 0 Å². The average molecular weight is 333 g/mol. The van der Waals surface area contributed by atoms with E-state index in [-0.39, 0.29) is 51.0 Å². The van der Waals surface area contributed by atoms with E-state index in [4.69, 9.17) is 0 Å². The molecule has 0 amide bonds. The molecule has 1 aliphatic rings. The molecule has 2 rings (SSSR count). The Morgan fingerprint density at radius 1 is 1.19 bits per heavy atom. The Morgan fingerprint density at radius 3 is 2.56 bits per heavy atom. The van der Waals surface area contributed by atoms with Crippen molar-refractivity contribution in [3.05, 3.63) is 47.9 Å². The maximum absolute atomic E-state index is 2.33. The van der Waals surface area contributed by atoms with Gasteiger partial charge in [0.1, 0.15) is 0 Å². The van der Waals surface area contributed by atoms with Crippen molar-refractivity contribution in [2.24, 2.45) is 0 Å². The predicted octanol–water partition coefficient (Wildman–Crippen LogP) is -2.19.